The quantitative estimate of drug-likeness (QED) is 0.662. The van der Waals surface area contributed by atoms with Crippen molar-refractivity contribution in [3.05, 3.63) is 35.4 Å². The molecule has 1 aromatic rings. The largest absolute Gasteiger partial charge is 0.271 e. The number of hydrogen-bond acceptors (Lipinski definition) is 4. The smallest absolute Gasteiger partial charge is 0.130 e. The molecule has 1 heterocycles. The molecule has 106 valence electrons. The van der Waals surface area contributed by atoms with Gasteiger partial charge in [0.05, 0.1) is 6.04 Å². The molecule has 3 unspecified atom stereocenters. The van der Waals surface area contributed by atoms with Crippen LogP contribution >= 0.6 is 23.5 Å². The Morgan fingerprint density at radius 1 is 1.37 bits per heavy atom. The number of nitrogens with two attached hydrogens (primary N) is 1. The van der Waals surface area contributed by atoms with Gasteiger partial charge in [0.1, 0.15) is 11.6 Å². The molecule has 2 rings (SSSR count). The minimum atomic E-state index is -0.560. The molecule has 0 spiro atoms. The van der Waals surface area contributed by atoms with Gasteiger partial charge in [0.15, 0.2) is 0 Å². The molecular weight excluding hydrogens is 286 g/mol. The summed E-state index contributed by atoms with van der Waals surface area (Å²) in [7, 11) is 0. The van der Waals surface area contributed by atoms with Gasteiger partial charge in [-0.25, -0.2) is 8.78 Å². The third-order valence-corrected chi connectivity index (χ3v) is 6.65. The Labute approximate surface area is 120 Å². The van der Waals surface area contributed by atoms with Gasteiger partial charge in [-0.15, -0.1) is 0 Å². The Hall–Kier alpha value is -0.300. The molecule has 1 aromatic carbocycles. The van der Waals surface area contributed by atoms with Crippen molar-refractivity contribution < 1.29 is 8.78 Å². The van der Waals surface area contributed by atoms with Crippen molar-refractivity contribution in [1.29, 1.82) is 0 Å². The van der Waals surface area contributed by atoms with E-state index in [4.69, 9.17) is 5.84 Å². The maximum Gasteiger partial charge on any atom is 0.130 e. The first-order chi connectivity index (χ1) is 9.17. The standard InChI is InChI=1S/C13H18F2N2S2/c1-2-11-13(19-6-5-18-11)12(17-16)9-4-3-8(14)7-10(9)15/h3-4,7,11-13,17H,2,5-6,16H2,1H3. The first-order valence-electron chi connectivity index (χ1n) is 6.31. The van der Waals surface area contributed by atoms with Crippen molar-refractivity contribution in [3.63, 3.8) is 0 Å². The summed E-state index contributed by atoms with van der Waals surface area (Å²) in [6.45, 7) is 2.13. The van der Waals surface area contributed by atoms with Crippen molar-refractivity contribution in [2.45, 2.75) is 29.9 Å². The summed E-state index contributed by atoms with van der Waals surface area (Å²) in [5, 5.41) is 0.637. The van der Waals surface area contributed by atoms with E-state index in [1.807, 2.05) is 23.5 Å². The molecule has 6 heteroatoms. The molecule has 0 saturated carbocycles. The van der Waals surface area contributed by atoms with E-state index in [9.17, 15) is 8.78 Å². The lowest BCUT2D eigenvalue weighted by Gasteiger charge is -2.35. The van der Waals surface area contributed by atoms with Crippen LogP contribution in [-0.2, 0) is 0 Å². The second kappa shape index (κ2) is 6.92. The van der Waals surface area contributed by atoms with E-state index in [1.54, 1.807) is 0 Å². The molecule has 0 bridgehead atoms. The topological polar surface area (TPSA) is 38.0 Å². The van der Waals surface area contributed by atoms with Crippen molar-refractivity contribution in [3.8, 4) is 0 Å². The monoisotopic (exact) mass is 304 g/mol. The van der Waals surface area contributed by atoms with E-state index in [2.05, 4.69) is 12.3 Å². The second-order valence-electron chi connectivity index (χ2n) is 4.46. The number of nitrogens with one attached hydrogen (secondary N) is 1. The SMILES string of the molecule is CCC1SCCSC1C(NN)c1ccc(F)cc1F. The number of hydrogen-bond donors (Lipinski definition) is 2. The number of hydrazine groups is 1. The highest BCUT2D eigenvalue weighted by molar-refractivity contribution is 8.07. The van der Waals surface area contributed by atoms with Gasteiger partial charge in [0.2, 0.25) is 0 Å². The molecule has 1 saturated heterocycles. The highest BCUT2D eigenvalue weighted by Gasteiger charge is 2.33. The third kappa shape index (κ3) is 3.42. The van der Waals surface area contributed by atoms with Crippen LogP contribution in [0.4, 0.5) is 8.78 Å². The first kappa shape index (κ1) is 15.1. The molecule has 3 atom stereocenters. The summed E-state index contributed by atoms with van der Waals surface area (Å²) in [6.07, 6.45) is 1.02. The van der Waals surface area contributed by atoms with Crippen LogP contribution in [0.15, 0.2) is 18.2 Å². The Balaban J connectivity index is 2.27. The average molecular weight is 304 g/mol. The van der Waals surface area contributed by atoms with Gasteiger partial charge < -0.3 is 0 Å². The van der Waals surface area contributed by atoms with Crippen LogP contribution in [-0.4, -0.2) is 22.0 Å². The van der Waals surface area contributed by atoms with Crippen LogP contribution in [0.25, 0.3) is 0 Å². The van der Waals surface area contributed by atoms with Crippen molar-refractivity contribution >= 4 is 23.5 Å². The van der Waals surface area contributed by atoms with Gasteiger partial charge in [-0.3, -0.25) is 11.3 Å². The molecule has 0 radical (unpaired) electrons. The minimum absolute atomic E-state index is 0.203. The zero-order valence-electron chi connectivity index (χ0n) is 10.7. The van der Waals surface area contributed by atoms with Crippen LogP contribution in [0.5, 0.6) is 0 Å². The fourth-order valence-electron chi connectivity index (χ4n) is 2.36. The third-order valence-electron chi connectivity index (χ3n) is 3.30. The molecule has 1 aliphatic heterocycles. The Bertz CT molecular complexity index is 431. The molecule has 1 fully saturated rings. The molecule has 19 heavy (non-hydrogen) atoms. The lowest BCUT2D eigenvalue weighted by molar-refractivity contribution is 0.480. The van der Waals surface area contributed by atoms with Crippen LogP contribution in [0.1, 0.15) is 24.9 Å². The molecule has 2 nitrogen and oxygen atoms in total. The Morgan fingerprint density at radius 2 is 2.11 bits per heavy atom. The maximum absolute atomic E-state index is 13.9. The summed E-state index contributed by atoms with van der Waals surface area (Å²) < 4.78 is 26.9. The van der Waals surface area contributed by atoms with Crippen molar-refractivity contribution in [1.82, 2.24) is 5.43 Å². The van der Waals surface area contributed by atoms with E-state index in [-0.39, 0.29) is 11.3 Å². The van der Waals surface area contributed by atoms with E-state index >= 15 is 0 Å². The Morgan fingerprint density at radius 3 is 2.74 bits per heavy atom. The van der Waals surface area contributed by atoms with Crippen LogP contribution in [0.2, 0.25) is 0 Å². The fourth-order valence-corrected chi connectivity index (χ4v) is 5.59. The molecule has 1 aliphatic rings. The molecule has 3 N–H and O–H groups in total. The van der Waals surface area contributed by atoms with Gasteiger partial charge >= 0.3 is 0 Å². The zero-order chi connectivity index (χ0) is 13.8. The number of thioether (sulfide) groups is 2. The number of rotatable bonds is 4. The highest BCUT2D eigenvalue weighted by atomic mass is 32.2. The van der Waals surface area contributed by atoms with E-state index < -0.39 is 11.6 Å². The van der Waals surface area contributed by atoms with E-state index in [1.165, 1.54) is 12.1 Å². The van der Waals surface area contributed by atoms with Gasteiger partial charge in [-0.1, -0.05) is 13.0 Å². The maximum atomic E-state index is 13.9. The van der Waals surface area contributed by atoms with Gasteiger partial charge in [0, 0.05) is 33.6 Å². The van der Waals surface area contributed by atoms with Crippen LogP contribution < -0.4 is 11.3 Å². The first-order valence-corrected chi connectivity index (χ1v) is 8.41. The van der Waals surface area contributed by atoms with Gasteiger partial charge in [-0.05, 0) is 12.5 Å². The summed E-state index contributed by atoms with van der Waals surface area (Å²) >= 11 is 3.72. The van der Waals surface area contributed by atoms with Crippen molar-refractivity contribution in [2.24, 2.45) is 5.84 Å². The number of benzene rings is 1. The van der Waals surface area contributed by atoms with E-state index in [0.717, 1.165) is 24.0 Å². The van der Waals surface area contributed by atoms with Gasteiger partial charge in [-0.2, -0.15) is 23.5 Å². The molecule has 0 aliphatic carbocycles. The summed E-state index contributed by atoms with van der Waals surface area (Å²) in [6, 6.07) is 3.40. The van der Waals surface area contributed by atoms with Crippen LogP contribution in [0.3, 0.4) is 0 Å². The zero-order valence-corrected chi connectivity index (χ0v) is 12.4. The average Bonchev–Trinajstić information content (AvgIpc) is 2.42. The molecule has 0 aromatic heterocycles. The lowest BCUT2D eigenvalue weighted by Crippen LogP contribution is -2.42. The van der Waals surface area contributed by atoms with E-state index in [0.29, 0.717) is 10.8 Å². The molecular formula is C13H18F2N2S2. The Kier molecular flexibility index (Phi) is 5.50. The summed E-state index contributed by atoms with van der Waals surface area (Å²) in [4.78, 5) is 0. The van der Waals surface area contributed by atoms with Crippen LogP contribution in [0, 0.1) is 11.6 Å². The lowest BCUT2D eigenvalue weighted by atomic mass is 10.00. The normalized spacial score (nSPS) is 25.3. The summed E-state index contributed by atoms with van der Waals surface area (Å²) in [5.41, 5.74) is 3.16. The van der Waals surface area contributed by atoms with Gasteiger partial charge in [0.25, 0.3) is 0 Å². The highest BCUT2D eigenvalue weighted by Crippen LogP contribution is 2.40. The van der Waals surface area contributed by atoms with Crippen molar-refractivity contribution in [2.75, 3.05) is 11.5 Å². The molecule has 0 amide bonds. The fraction of sp³-hybridized carbons (Fsp3) is 0.538. The predicted octanol–water partition coefficient (Wildman–Crippen LogP) is 3.10. The minimum Gasteiger partial charge on any atom is -0.271 e. The predicted molar refractivity (Wildman–Crippen MR) is 79.2 cm³/mol. The number of halogens is 2. The summed E-state index contributed by atoms with van der Waals surface area (Å²) in [5.74, 6) is 6.68. The second-order valence-corrected chi connectivity index (χ2v) is 7.10.